The second-order valence-corrected chi connectivity index (χ2v) is 6.73. The third-order valence-corrected chi connectivity index (χ3v) is 5.19. The van der Waals surface area contributed by atoms with Crippen molar-refractivity contribution in [1.29, 1.82) is 0 Å². The number of thiocarbonyl (C=S) groups is 1. The highest BCUT2D eigenvalue weighted by molar-refractivity contribution is 7.80. The van der Waals surface area contributed by atoms with Gasteiger partial charge in [-0.05, 0) is 61.5 Å². The molecule has 2 aliphatic rings. The number of benzene rings is 1. The normalized spacial score (nSPS) is 28.4. The Hall–Kier alpha value is -0.510. The Labute approximate surface area is 128 Å². The summed E-state index contributed by atoms with van der Waals surface area (Å²) in [4.78, 5) is 0. The summed E-state index contributed by atoms with van der Waals surface area (Å²) in [6.07, 6.45) is 5.37. The van der Waals surface area contributed by atoms with Crippen molar-refractivity contribution >= 4 is 46.2 Å². The van der Waals surface area contributed by atoms with E-state index in [0.29, 0.717) is 21.2 Å². The van der Waals surface area contributed by atoms with E-state index in [4.69, 9.17) is 35.4 Å². The van der Waals surface area contributed by atoms with Gasteiger partial charge in [0.25, 0.3) is 0 Å². The van der Waals surface area contributed by atoms with Crippen molar-refractivity contribution in [3.8, 4) is 0 Å². The number of hydrogen-bond donors (Lipinski definition) is 2. The summed E-state index contributed by atoms with van der Waals surface area (Å²) < 4.78 is 0. The first kappa shape index (κ1) is 13.5. The summed E-state index contributed by atoms with van der Waals surface area (Å²) >= 11 is 17.2. The van der Waals surface area contributed by atoms with Crippen molar-refractivity contribution in [2.24, 2.45) is 11.8 Å². The number of rotatable bonds is 2. The fraction of sp³-hybridized carbons (Fsp3) is 0.500. The number of hydrogen-bond acceptors (Lipinski definition) is 1. The van der Waals surface area contributed by atoms with Gasteiger partial charge in [-0.2, -0.15) is 0 Å². The smallest absolute Gasteiger partial charge is 0.171 e. The Kier molecular flexibility index (Phi) is 3.88. The minimum absolute atomic E-state index is 0.536. The molecule has 0 unspecified atom stereocenters. The molecule has 3 atom stereocenters. The van der Waals surface area contributed by atoms with Gasteiger partial charge in [-0.25, -0.2) is 0 Å². The van der Waals surface area contributed by atoms with Crippen LogP contribution < -0.4 is 10.6 Å². The molecular formula is C14H16Cl2N2S. The van der Waals surface area contributed by atoms with E-state index < -0.39 is 0 Å². The van der Waals surface area contributed by atoms with Crippen LogP contribution in [0.2, 0.25) is 10.0 Å². The van der Waals surface area contributed by atoms with Gasteiger partial charge in [0.15, 0.2) is 5.11 Å². The molecule has 0 aliphatic heterocycles. The minimum atomic E-state index is 0.536. The van der Waals surface area contributed by atoms with Crippen LogP contribution in [0.4, 0.5) is 5.69 Å². The predicted octanol–water partition coefficient (Wildman–Crippen LogP) is 4.47. The molecule has 0 saturated heterocycles. The Morgan fingerprint density at radius 3 is 2.63 bits per heavy atom. The van der Waals surface area contributed by atoms with Gasteiger partial charge in [0.05, 0.1) is 10.0 Å². The molecule has 3 rings (SSSR count). The van der Waals surface area contributed by atoms with E-state index in [9.17, 15) is 0 Å². The Balaban J connectivity index is 1.57. The average molecular weight is 315 g/mol. The summed E-state index contributed by atoms with van der Waals surface area (Å²) in [7, 11) is 0. The summed E-state index contributed by atoms with van der Waals surface area (Å²) in [6.45, 7) is 0. The SMILES string of the molecule is S=C(Nc1ccc(Cl)c(Cl)c1)N[C@H]1C[C@@H]2CC[C@@H]1C2. The van der Waals surface area contributed by atoms with E-state index in [1.54, 1.807) is 12.1 Å². The number of anilines is 1. The van der Waals surface area contributed by atoms with Crippen LogP contribution in [-0.4, -0.2) is 11.2 Å². The van der Waals surface area contributed by atoms with Crippen molar-refractivity contribution in [2.45, 2.75) is 31.7 Å². The minimum Gasteiger partial charge on any atom is -0.359 e. The van der Waals surface area contributed by atoms with Crippen LogP contribution in [0.3, 0.4) is 0 Å². The van der Waals surface area contributed by atoms with E-state index in [1.165, 1.54) is 25.7 Å². The second kappa shape index (κ2) is 5.47. The van der Waals surface area contributed by atoms with Crippen molar-refractivity contribution in [1.82, 2.24) is 5.32 Å². The third-order valence-electron chi connectivity index (χ3n) is 4.23. The largest absolute Gasteiger partial charge is 0.359 e. The van der Waals surface area contributed by atoms with E-state index in [-0.39, 0.29) is 0 Å². The summed E-state index contributed by atoms with van der Waals surface area (Å²) in [5.41, 5.74) is 0.870. The van der Waals surface area contributed by atoms with Crippen molar-refractivity contribution in [3.63, 3.8) is 0 Å². The van der Waals surface area contributed by atoms with Crippen LogP contribution >= 0.6 is 35.4 Å². The molecule has 2 saturated carbocycles. The molecule has 102 valence electrons. The summed E-state index contributed by atoms with van der Waals surface area (Å²) in [6, 6.07) is 5.98. The Morgan fingerprint density at radius 1 is 1.16 bits per heavy atom. The van der Waals surface area contributed by atoms with Gasteiger partial charge in [0.2, 0.25) is 0 Å². The molecule has 0 aromatic heterocycles. The van der Waals surface area contributed by atoms with Gasteiger partial charge in [-0.3, -0.25) is 0 Å². The molecule has 1 aromatic carbocycles. The van der Waals surface area contributed by atoms with E-state index in [2.05, 4.69) is 10.6 Å². The summed E-state index contributed by atoms with van der Waals surface area (Å²) in [5, 5.41) is 8.38. The van der Waals surface area contributed by atoms with E-state index in [0.717, 1.165) is 17.5 Å². The van der Waals surface area contributed by atoms with Gasteiger partial charge < -0.3 is 10.6 Å². The summed E-state index contributed by atoms with van der Waals surface area (Å²) in [5.74, 6) is 1.72. The lowest BCUT2D eigenvalue weighted by Crippen LogP contribution is -2.40. The lowest BCUT2D eigenvalue weighted by atomic mass is 9.96. The zero-order valence-electron chi connectivity index (χ0n) is 10.5. The molecular weight excluding hydrogens is 299 g/mol. The molecule has 19 heavy (non-hydrogen) atoms. The fourth-order valence-electron chi connectivity index (χ4n) is 3.33. The van der Waals surface area contributed by atoms with Gasteiger partial charge in [0.1, 0.15) is 0 Å². The molecule has 0 radical (unpaired) electrons. The Morgan fingerprint density at radius 2 is 2.00 bits per heavy atom. The van der Waals surface area contributed by atoms with Crippen LogP contribution in [0.25, 0.3) is 0 Å². The van der Waals surface area contributed by atoms with Gasteiger partial charge in [-0.1, -0.05) is 29.6 Å². The second-order valence-electron chi connectivity index (χ2n) is 5.51. The zero-order valence-corrected chi connectivity index (χ0v) is 12.8. The molecule has 2 bridgehead atoms. The highest BCUT2D eigenvalue weighted by Crippen LogP contribution is 2.44. The molecule has 2 N–H and O–H groups in total. The first-order valence-electron chi connectivity index (χ1n) is 6.64. The quantitative estimate of drug-likeness (QED) is 0.788. The highest BCUT2D eigenvalue weighted by atomic mass is 35.5. The first-order chi connectivity index (χ1) is 9.11. The van der Waals surface area contributed by atoms with Crippen LogP contribution in [0, 0.1) is 11.8 Å². The maximum absolute atomic E-state index is 5.98. The maximum atomic E-state index is 5.98. The monoisotopic (exact) mass is 314 g/mol. The van der Waals surface area contributed by atoms with Crippen LogP contribution in [0.15, 0.2) is 18.2 Å². The van der Waals surface area contributed by atoms with Crippen molar-refractivity contribution < 1.29 is 0 Å². The van der Waals surface area contributed by atoms with Crippen molar-refractivity contribution in [2.75, 3.05) is 5.32 Å². The zero-order chi connectivity index (χ0) is 13.4. The van der Waals surface area contributed by atoms with Crippen LogP contribution in [-0.2, 0) is 0 Å². The predicted molar refractivity (Wildman–Crippen MR) is 85.1 cm³/mol. The fourth-order valence-corrected chi connectivity index (χ4v) is 3.90. The van der Waals surface area contributed by atoms with Gasteiger partial charge >= 0.3 is 0 Å². The molecule has 2 aliphatic carbocycles. The number of halogens is 2. The molecule has 0 heterocycles. The lowest BCUT2D eigenvalue weighted by Gasteiger charge is -2.24. The third kappa shape index (κ3) is 2.99. The number of fused-ring (bicyclic) bond motifs is 2. The lowest BCUT2D eigenvalue weighted by molar-refractivity contribution is 0.392. The standard InChI is InChI=1S/C14H16Cl2N2S/c15-11-4-3-10(7-12(11)16)17-14(19)18-13-6-8-1-2-9(13)5-8/h3-4,7-9,13H,1-2,5-6H2,(H2,17,18,19)/t8-,9-,13+/m1/s1. The topological polar surface area (TPSA) is 24.1 Å². The first-order valence-corrected chi connectivity index (χ1v) is 7.81. The maximum Gasteiger partial charge on any atom is 0.171 e. The molecule has 0 spiro atoms. The average Bonchev–Trinajstić information content (AvgIpc) is 2.96. The number of nitrogens with one attached hydrogen (secondary N) is 2. The van der Waals surface area contributed by atoms with E-state index in [1.807, 2.05) is 6.07 Å². The molecule has 2 fully saturated rings. The molecule has 2 nitrogen and oxygen atoms in total. The van der Waals surface area contributed by atoms with Crippen molar-refractivity contribution in [3.05, 3.63) is 28.2 Å². The highest BCUT2D eigenvalue weighted by Gasteiger charge is 2.39. The van der Waals surface area contributed by atoms with Crippen LogP contribution in [0.5, 0.6) is 0 Å². The van der Waals surface area contributed by atoms with Gasteiger partial charge in [0, 0.05) is 11.7 Å². The van der Waals surface area contributed by atoms with E-state index >= 15 is 0 Å². The molecule has 1 aromatic rings. The molecule has 5 heteroatoms. The van der Waals surface area contributed by atoms with Gasteiger partial charge in [-0.15, -0.1) is 0 Å². The molecule has 0 amide bonds. The van der Waals surface area contributed by atoms with Crippen LogP contribution in [0.1, 0.15) is 25.7 Å². The Bertz CT molecular complexity index is 506.